The number of hydrogen-bond acceptors (Lipinski definition) is 7. The summed E-state index contributed by atoms with van der Waals surface area (Å²) in [6.45, 7) is 3.70. The highest BCUT2D eigenvalue weighted by Crippen LogP contribution is 2.39. The molecule has 0 unspecified atom stereocenters. The lowest BCUT2D eigenvalue weighted by atomic mass is 10.0. The molecule has 2 aliphatic rings. The fraction of sp³-hybridized carbons (Fsp3) is 0.214. The molecule has 4 heterocycles. The number of rotatable bonds is 5. The Balaban J connectivity index is 1.44. The van der Waals surface area contributed by atoms with E-state index in [1.54, 1.807) is 6.20 Å². The molecule has 180 valence electrons. The number of hydrogen-bond donors (Lipinski definition) is 1. The van der Waals surface area contributed by atoms with Crippen LogP contribution in [0.15, 0.2) is 84.1 Å². The number of fused-ring (bicyclic) bond motifs is 1. The Hall–Kier alpha value is -4.30. The molecule has 8 nitrogen and oxygen atoms in total. The van der Waals surface area contributed by atoms with Crippen LogP contribution < -0.4 is 15.5 Å². The van der Waals surface area contributed by atoms with E-state index in [0.29, 0.717) is 19.0 Å². The third kappa shape index (κ3) is 4.38. The van der Waals surface area contributed by atoms with Crippen molar-refractivity contribution in [2.45, 2.75) is 6.42 Å². The smallest absolute Gasteiger partial charge is 0.228 e. The zero-order chi connectivity index (χ0) is 24.3. The van der Waals surface area contributed by atoms with Gasteiger partial charge in [-0.25, -0.2) is 9.98 Å². The average molecular weight is 478 g/mol. The maximum absolute atomic E-state index is 6.41. The number of para-hydroxylation sites is 1. The predicted octanol–water partition coefficient (Wildman–Crippen LogP) is 4.11. The van der Waals surface area contributed by atoms with Crippen molar-refractivity contribution in [1.29, 1.82) is 0 Å². The first-order chi connectivity index (χ1) is 17.8. The van der Waals surface area contributed by atoms with Crippen LogP contribution in [0.25, 0.3) is 11.3 Å². The average Bonchev–Trinajstić information content (AvgIpc) is 3.38. The quantitative estimate of drug-likeness (QED) is 0.342. The van der Waals surface area contributed by atoms with Gasteiger partial charge in [0.1, 0.15) is 11.7 Å². The minimum atomic E-state index is 0.471. The number of nitrogens with two attached hydrogens (primary N) is 1. The number of amidine groups is 1. The fourth-order valence-electron chi connectivity index (χ4n) is 4.68. The first kappa shape index (κ1) is 22.2. The normalized spacial score (nSPS) is 15.7. The van der Waals surface area contributed by atoms with Crippen LogP contribution in [0, 0.1) is 0 Å². The van der Waals surface area contributed by atoms with Crippen LogP contribution in [0.2, 0.25) is 0 Å². The number of ether oxygens (including phenoxy) is 1. The summed E-state index contributed by atoms with van der Waals surface area (Å²) in [5, 5.41) is 0. The number of benzene rings is 2. The Morgan fingerprint density at radius 2 is 1.78 bits per heavy atom. The van der Waals surface area contributed by atoms with Crippen molar-refractivity contribution in [1.82, 2.24) is 15.0 Å². The summed E-state index contributed by atoms with van der Waals surface area (Å²) in [6.07, 6.45) is 4.52. The van der Waals surface area contributed by atoms with Gasteiger partial charge in [-0.3, -0.25) is 4.98 Å². The third-order valence-electron chi connectivity index (χ3n) is 6.50. The van der Waals surface area contributed by atoms with Gasteiger partial charge in [-0.05, 0) is 36.8 Å². The number of aliphatic imine (C=N–C) groups is 1. The van der Waals surface area contributed by atoms with E-state index in [0.717, 1.165) is 71.6 Å². The highest BCUT2D eigenvalue weighted by molar-refractivity contribution is 6.00. The van der Waals surface area contributed by atoms with E-state index in [2.05, 4.69) is 38.0 Å². The van der Waals surface area contributed by atoms with Crippen LogP contribution in [-0.2, 0) is 11.2 Å². The fourth-order valence-corrected chi connectivity index (χ4v) is 4.68. The molecule has 2 aliphatic heterocycles. The van der Waals surface area contributed by atoms with Crippen molar-refractivity contribution < 1.29 is 4.74 Å². The van der Waals surface area contributed by atoms with Gasteiger partial charge in [0, 0.05) is 42.5 Å². The topological polar surface area (TPSA) is 92.8 Å². The molecule has 36 heavy (non-hydrogen) atoms. The summed E-state index contributed by atoms with van der Waals surface area (Å²) in [4.78, 5) is 23.5. The summed E-state index contributed by atoms with van der Waals surface area (Å²) in [5.41, 5.74) is 12.2. The van der Waals surface area contributed by atoms with Crippen LogP contribution >= 0.6 is 0 Å². The molecule has 1 fully saturated rings. The van der Waals surface area contributed by atoms with Gasteiger partial charge in [0.2, 0.25) is 5.95 Å². The second-order valence-corrected chi connectivity index (χ2v) is 8.80. The summed E-state index contributed by atoms with van der Waals surface area (Å²) in [5.74, 6) is 2.13. The number of morpholine rings is 1. The van der Waals surface area contributed by atoms with Crippen molar-refractivity contribution >= 4 is 29.0 Å². The minimum Gasteiger partial charge on any atom is -0.383 e. The minimum absolute atomic E-state index is 0.471. The van der Waals surface area contributed by atoms with Gasteiger partial charge in [0.05, 0.1) is 36.5 Å². The second kappa shape index (κ2) is 9.75. The maximum Gasteiger partial charge on any atom is 0.228 e. The van der Waals surface area contributed by atoms with E-state index in [9.17, 15) is 0 Å². The van der Waals surface area contributed by atoms with Crippen molar-refractivity contribution in [3.8, 4) is 11.3 Å². The highest BCUT2D eigenvalue weighted by atomic mass is 16.5. The Morgan fingerprint density at radius 1 is 0.917 bits per heavy atom. The standard InChI is InChI=1S/C28H27N7O/c29-26(31-22-8-2-1-3-9-22)21-7-4-6-20(18-21)25-24-11-13-35(23-10-5-12-30-19-23)27(24)33-28(32-25)34-14-16-36-17-15-34/h1-10,12,18-19H,11,13-17H2,(H2,29,31). The zero-order valence-corrected chi connectivity index (χ0v) is 19.9. The highest BCUT2D eigenvalue weighted by Gasteiger charge is 2.29. The molecular weight excluding hydrogens is 450 g/mol. The number of nitrogens with zero attached hydrogens (tertiary/aromatic N) is 6. The Morgan fingerprint density at radius 3 is 2.58 bits per heavy atom. The van der Waals surface area contributed by atoms with Crippen molar-refractivity contribution in [2.24, 2.45) is 10.7 Å². The van der Waals surface area contributed by atoms with E-state index < -0.39 is 0 Å². The Kier molecular flexibility index (Phi) is 6.01. The summed E-state index contributed by atoms with van der Waals surface area (Å²) < 4.78 is 5.57. The van der Waals surface area contributed by atoms with E-state index >= 15 is 0 Å². The Labute approximate surface area is 210 Å². The molecule has 0 aliphatic carbocycles. The second-order valence-electron chi connectivity index (χ2n) is 8.80. The predicted molar refractivity (Wildman–Crippen MR) is 142 cm³/mol. The molecule has 8 heteroatoms. The van der Waals surface area contributed by atoms with Crippen LogP contribution in [0.4, 0.5) is 23.1 Å². The lowest BCUT2D eigenvalue weighted by molar-refractivity contribution is 0.122. The van der Waals surface area contributed by atoms with E-state index in [-0.39, 0.29) is 0 Å². The van der Waals surface area contributed by atoms with Gasteiger partial charge in [0.25, 0.3) is 0 Å². The molecule has 4 aromatic rings. The monoisotopic (exact) mass is 477 g/mol. The molecule has 0 atom stereocenters. The first-order valence-corrected chi connectivity index (χ1v) is 12.2. The molecule has 6 rings (SSSR count). The third-order valence-corrected chi connectivity index (χ3v) is 6.50. The first-order valence-electron chi connectivity index (χ1n) is 12.2. The van der Waals surface area contributed by atoms with Gasteiger partial charge in [-0.2, -0.15) is 4.98 Å². The molecule has 2 aromatic carbocycles. The molecule has 0 bridgehead atoms. The van der Waals surface area contributed by atoms with Crippen LogP contribution in [-0.4, -0.2) is 53.6 Å². The van der Waals surface area contributed by atoms with E-state index in [1.165, 1.54) is 0 Å². The maximum atomic E-state index is 6.41. The molecule has 2 aromatic heterocycles. The summed E-state index contributed by atoms with van der Waals surface area (Å²) in [7, 11) is 0. The number of pyridine rings is 1. The molecule has 0 radical (unpaired) electrons. The van der Waals surface area contributed by atoms with Crippen LogP contribution in [0.3, 0.4) is 0 Å². The molecule has 1 saturated heterocycles. The molecular formula is C28H27N7O. The van der Waals surface area contributed by atoms with Gasteiger partial charge in [-0.1, -0.05) is 36.4 Å². The van der Waals surface area contributed by atoms with Gasteiger partial charge < -0.3 is 20.3 Å². The van der Waals surface area contributed by atoms with Crippen LogP contribution in [0.1, 0.15) is 11.1 Å². The molecule has 2 N–H and O–H groups in total. The van der Waals surface area contributed by atoms with Crippen molar-refractivity contribution in [3.63, 3.8) is 0 Å². The summed E-state index contributed by atoms with van der Waals surface area (Å²) >= 11 is 0. The van der Waals surface area contributed by atoms with E-state index in [4.69, 9.17) is 20.4 Å². The number of anilines is 3. The lowest BCUT2D eigenvalue weighted by Crippen LogP contribution is -2.37. The van der Waals surface area contributed by atoms with Crippen molar-refractivity contribution in [2.75, 3.05) is 42.6 Å². The van der Waals surface area contributed by atoms with Gasteiger partial charge in [0.15, 0.2) is 0 Å². The Bertz CT molecular complexity index is 1390. The lowest BCUT2D eigenvalue weighted by Gasteiger charge is -2.28. The zero-order valence-electron chi connectivity index (χ0n) is 19.9. The molecule has 0 amide bonds. The van der Waals surface area contributed by atoms with E-state index in [1.807, 2.05) is 54.7 Å². The van der Waals surface area contributed by atoms with Crippen LogP contribution in [0.5, 0.6) is 0 Å². The molecule has 0 saturated carbocycles. The van der Waals surface area contributed by atoms with Gasteiger partial charge >= 0.3 is 0 Å². The number of aromatic nitrogens is 3. The van der Waals surface area contributed by atoms with Crippen molar-refractivity contribution in [3.05, 3.63) is 90.3 Å². The molecule has 0 spiro atoms. The largest absolute Gasteiger partial charge is 0.383 e. The summed E-state index contributed by atoms with van der Waals surface area (Å²) in [6, 6.07) is 21.9. The SMILES string of the molecule is NC(=Nc1ccccc1)c1cccc(-c2nc(N3CCOCC3)nc3c2CCN3c2cccnc2)c1. The van der Waals surface area contributed by atoms with Gasteiger partial charge in [-0.15, -0.1) is 0 Å².